The van der Waals surface area contributed by atoms with Crippen LogP contribution in [0.1, 0.15) is 37.7 Å². The smallest absolute Gasteiger partial charge is 0.243 e. The Morgan fingerprint density at radius 1 is 0.970 bits per heavy atom. The van der Waals surface area contributed by atoms with Gasteiger partial charge in [-0.05, 0) is 42.2 Å². The van der Waals surface area contributed by atoms with E-state index in [9.17, 15) is 9.59 Å². The molecule has 3 rings (SSSR count). The lowest BCUT2D eigenvalue weighted by Crippen LogP contribution is -2.30. The molecule has 1 heterocycles. The summed E-state index contributed by atoms with van der Waals surface area (Å²) in [5.41, 5.74) is 5.18. The van der Waals surface area contributed by atoms with Crippen molar-refractivity contribution >= 4 is 17.5 Å². The third kappa shape index (κ3) is 6.85. The van der Waals surface area contributed by atoms with E-state index in [-0.39, 0.29) is 12.3 Å². The van der Waals surface area contributed by atoms with E-state index in [1.54, 1.807) is 29.9 Å². The van der Waals surface area contributed by atoms with Gasteiger partial charge in [0.25, 0.3) is 0 Å². The van der Waals surface area contributed by atoms with Gasteiger partial charge in [-0.1, -0.05) is 36.8 Å². The summed E-state index contributed by atoms with van der Waals surface area (Å²) >= 11 is 0. The number of rotatable bonds is 11. The first-order valence-electron chi connectivity index (χ1n) is 10.8. The lowest BCUT2D eigenvalue weighted by atomic mass is 10.0. The van der Waals surface area contributed by atoms with Gasteiger partial charge in [0.15, 0.2) is 0 Å². The number of carbonyl (C=O) groups excluding carboxylic acids is 2. The molecule has 1 aromatic heterocycles. The van der Waals surface area contributed by atoms with Gasteiger partial charge in [-0.2, -0.15) is 0 Å². The van der Waals surface area contributed by atoms with Crippen LogP contribution in [0, 0.1) is 0 Å². The molecule has 2 aromatic carbocycles. The molecule has 0 fully saturated rings. The van der Waals surface area contributed by atoms with Crippen LogP contribution in [0.25, 0.3) is 11.1 Å². The molecule has 8 heteroatoms. The van der Waals surface area contributed by atoms with Gasteiger partial charge in [-0.15, -0.1) is 0 Å². The lowest BCUT2D eigenvalue weighted by molar-refractivity contribution is -0.129. The number of nitrogens with zero attached hydrogens (tertiary/aromatic N) is 3. The summed E-state index contributed by atoms with van der Waals surface area (Å²) in [6.07, 6.45) is 7.54. The maximum atomic E-state index is 13.3. The quantitative estimate of drug-likeness (QED) is 0.260. The fourth-order valence-corrected chi connectivity index (χ4v) is 3.57. The second-order valence-corrected chi connectivity index (χ2v) is 7.57. The predicted molar refractivity (Wildman–Crippen MR) is 125 cm³/mol. The molecule has 0 atom stereocenters. The highest BCUT2D eigenvalue weighted by Gasteiger charge is 2.19. The van der Waals surface area contributed by atoms with Crippen LogP contribution in [-0.4, -0.2) is 34.1 Å². The first-order chi connectivity index (χ1) is 16.1. The van der Waals surface area contributed by atoms with Crippen LogP contribution in [0.3, 0.4) is 0 Å². The predicted octanol–water partition coefficient (Wildman–Crippen LogP) is 4.14. The van der Waals surface area contributed by atoms with Gasteiger partial charge in [-0.25, -0.2) is 15.4 Å². The molecule has 0 aliphatic heterocycles. The molecule has 2 amide bonds. The minimum absolute atomic E-state index is 0.0282. The second-order valence-electron chi connectivity index (χ2n) is 7.57. The number of benzene rings is 2. The van der Waals surface area contributed by atoms with Crippen LogP contribution in [0.15, 0.2) is 67.3 Å². The zero-order chi connectivity index (χ0) is 23.5. The zero-order valence-electron chi connectivity index (χ0n) is 18.6. The summed E-state index contributed by atoms with van der Waals surface area (Å²) in [5, 5.41) is 8.58. The highest BCUT2D eigenvalue weighted by molar-refractivity contribution is 5.94. The summed E-state index contributed by atoms with van der Waals surface area (Å²) in [5.74, 6) is 0.179. The summed E-state index contributed by atoms with van der Waals surface area (Å²) in [6.45, 7) is 0.383. The molecule has 3 aromatic rings. The Bertz CT molecular complexity index is 1060. The first kappa shape index (κ1) is 23.9. The number of hydrogen-bond donors (Lipinski definition) is 2. The molecule has 8 nitrogen and oxygen atoms in total. The third-order valence-corrected chi connectivity index (χ3v) is 5.26. The molecule has 0 unspecified atom stereocenters. The fourth-order valence-electron chi connectivity index (χ4n) is 3.57. The second kappa shape index (κ2) is 12.3. The number of anilines is 1. The number of hydrogen-bond acceptors (Lipinski definition) is 6. The van der Waals surface area contributed by atoms with E-state index < -0.39 is 5.91 Å². The van der Waals surface area contributed by atoms with E-state index in [0.29, 0.717) is 43.7 Å². The molecule has 0 spiro atoms. The van der Waals surface area contributed by atoms with Crippen molar-refractivity contribution in [2.24, 2.45) is 0 Å². The normalized spacial score (nSPS) is 10.5. The SMILES string of the molecule is COc1ccccc1N(Cc1cccc(-c2cncnc2)c1)C(=O)CCCCCC(=O)NO. The highest BCUT2D eigenvalue weighted by Crippen LogP contribution is 2.30. The van der Waals surface area contributed by atoms with Crippen molar-refractivity contribution in [3.05, 3.63) is 72.8 Å². The average Bonchev–Trinajstić information content (AvgIpc) is 2.87. The van der Waals surface area contributed by atoms with Gasteiger partial charge in [0.1, 0.15) is 12.1 Å². The molecule has 0 aliphatic carbocycles. The number of para-hydroxylation sites is 2. The van der Waals surface area contributed by atoms with E-state index in [2.05, 4.69) is 9.97 Å². The van der Waals surface area contributed by atoms with Crippen molar-refractivity contribution in [3.8, 4) is 16.9 Å². The molecule has 0 radical (unpaired) electrons. The van der Waals surface area contributed by atoms with E-state index in [0.717, 1.165) is 16.7 Å². The average molecular weight is 449 g/mol. The summed E-state index contributed by atoms with van der Waals surface area (Å²) < 4.78 is 5.51. The Labute approximate surface area is 193 Å². The van der Waals surface area contributed by atoms with Gasteiger partial charge in [0, 0.05) is 30.8 Å². The number of carbonyl (C=O) groups is 2. The van der Waals surface area contributed by atoms with Gasteiger partial charge in [0.2, 0.25) is 11.8 Å². The minimum atomic E-state index is -0.416. The maximum absolute atomic E-state index is 13.3. The number of aromatic nitrogens is 2. The number of hydroxylamine groups is 1. The molecule has 33 heavy (non-hydrogen) atoms. The molecule has 2 N–H and O–H groups in total. The Kier molecular flexibility index (Phi) is 8.90. The topological polar surface area (TPSA) is 105 Å². The summed E-state index contributed by atoms with van der Waals surface area (Å²) in [6, 6.07) is 15.4. The van der Waals surface area contributed by atoms with Gasteiger partial charge >= 0.3 is 0 Å². The Balaban J connectivity index is 1.77. The molecule has 172 valence electrons. The largest absolute Gasteiger partial charge is 0.495 e. The highest BCUT2D eigenvalue weighted by atomic mass is 16.5. The Hall–Kier alpha value is -3.78. The number of methoxy groups -OCH3 is 1. The van der Waals surface area contributed by atoms with Crippen LogP contribution in [0.5, 0.6) is 5.75 Å². The molecule has 0 saturated heterocycles. The first-order valence-corrected chi connectivity index (χ1v) is 10.8. The Morgan fingerprint density at radius 2 is 1.73 bits per heavy atom. The van der Waals surface area contributed by atoms with Crippen molar-refractivity contribution in [1.29, 1.82) is 0 Å². The van der Waals surface area contributed by atoms with E-state index >= 15 is 0 Å². The number of unbranched alkanes of at least 4 members (excludes halogenated alkanes) is 2. The van der Waals surface area contributed by atoms with Crippen molar-refractivity contribution < 1.29 is 19.5 Å². The van der Waals surface area contributed by atoms with Crippen LogP contribution >= 0.6 is 0 Å². The van der Waals surface area contributed by atoms with Crippen LogP contribution < -0.4 is 15.1 Å². The summed E-state index contributed by atoms with van der Waals surface area (Å²) in [7, 11) is 1.59. The molecular formula is C25H28N4O4. The molecule has 0 aliphatic rings. The Morgan fingerprint density at radius 3 is 2.48 bits per heavy atom. The van der Waals surface area contributed by atoms with Crippen LogP contribution in [0.2, 0.25) is 0 Å². The molecule has 0 bridgehead atoms. The minimum Gasteiger partial charge on any atom is -0.495 e. The van der Waals surface area contributed by atoms with Gasteiger partial charge in [-0.3, -0.25) is 14.8 Å². The molecular weight excluding hydrogens is 420 g/mol. The van der Waals surface area contributed by atoms with E-state index in [4.69, 9.17) is 9.94 Å². The number of amides is 2. The lowest BCUT2D eigenvalue weighted by Gasteiger charge is -2.25. The monoisotopic (exact) mass is 448 g/mol. The van der Waals surface area contributed by atoms with Crippen molar-refractivity contribution in [2.75, 3.05) is 12.0 Å². The van der Waals surface area contributed by atoms with Gasteiger partial charge in [0.05, 0.1) is 19.3 Å². The summed E-state index contributed by atoms with van der Waals surface area (Å²) in [4.78, 5) is 34.3. The third-order valence-electron chi connectivity index (χ3n) is 5.26. The fraction of sp³-hybridized carbons (Fsp3) is 0.280. The number of nitrogens with one attached hydrogen (secondary N) is 1. The van der Waals surface area contributed by atoms with E-state index in [1.807, 2.05) is 48.5 Å². The van der Waals surface area contributed by atoms with E-state index in [1.165, 1.54) is 6.33 Å². The van der Waals surface area contributed by atoms with Crippen LogP contribution in [0.4, 0.5) is 5.69 Å². The maximum Gasteiger partial charge on any atom is 0.243 e. The number of ether oxygens (including phenoxy) is 1. The van der Waals surface area contributed by atoms with Crippen molar-refractivity contribution in [2.45, 2.75) is 38.6 Å². The zero-order valence-corrected chi connectivity index (χ0v) is 18.6. The standard InChI is InChI=1S/C25H28N4O4/c1-33-23-11-6-5-10-22(23)29(25(31)13-4-2-3-12-24(30)28-32)17-19-8-7-9-20(14-19)21-15-26-18-27-16-21/h5-11,14-16,18,32H,2-4,12-13,17H2,1H3,(H,28,30). The van der Waals surface area contributed by atoms with Gasteiger partial charge < -0.3 is 9.64 Å². The van der Waals surface area contributed by atoms with Crippen molar-refractivity contribution in [3.63, 3.8) is 0 Å². The van der Waals surface area contributed by atoms with Crippen LogP contribution in [-0.2, 0) is 16.1 Å². The molecule has 0 saturated carbocycles. The van der Waals surface area contributed by atoms with Crippen molar-refractivity contribution in [1.82, 2.24) is 15.4 Å².